The van der Waals surface area contributed by atoms with E-state index in [4.69, 9.17) is 0 Å². The Bertz CT molecular complexity index is 523. The van der Waals surface area contributed by atoms with Crippen molar-refractivity contribution in [3.05, 3.63) is 38.9 Å². The summed E-state index contributed by atoms with van der Waals surface area (Å²) in [7, 11) is 0. The van der Waals surface area contributed by atoms with Gasteiger partial charge in [0, 0.05) is 0 Å². The van der Waals surface area contributed by atoms with Crippen LogP contribution in [0.2, 0.25) is 0 Å². The number of aromatic amines is 1. The van der Waals surface area contributed by atoms with E-state index in [2.05, 4.69) is 16.9 Å². The van der Waals surface area contributed by atoms with Crippen molar-refractivity contribution in [3.8, 4) is 0 Å². The molecule has 0 bridgehead atoms. The van der Waals surface area contributed by atoms with Crippen molar-refractivity contribution in [2.75, 3.05) is 0 Å². The Kier molecular flexibility index (Phi) is 4.03. The predicted octanol–water partition coefficient (Wildman–Crippen LogP) is 0.707. The van der Waals surface area contributed by atoms with Gasteiger partial charge in [0.05, 0.1) is 16.9 Å². The van der Waals surface area contributed by atoms with Crippen LogP contribution in [0, 0.1) is 0 Å². The first-order chi connectivity index (χ1) is 7.25. The maximum absolute atomic E-state index is 11.0. The van der Waals surface area contributed by atoms with Crippen molar-refractivity contribution in [1.29, 1.82) is 0 Å². The molecule has 1 aliphatic rings. The van der Waals surface area contributed by atoms with Gasteiger partial charge in [-0.3, -0.25) is 4.79 Å². The second-order valence-electron chi connectivity index (χ2n) is 3.13. The lowest BCUT2D eigenvalue weighted by molar-refractivity contribution is 1.05. The van der Waals surface area contributed by atoms with E-state index in [0.717, 1.165) is 17.1 Å². The van der Waals surface area contributed by atoms with Gasteiger partial charge in [-0.05, 0) is 19.4 Å². The Morgan fingerprint density at radius 3 is 2.80 bits per heavy atom. The fraction of sp³-hybridized carbons (Fsp3) is 0.333. The van der Waals surface area contributed by atoms with Crippen LogP contribution in [0.25, 0.3) is 12.2 Å². The van der Waals surface area contributed by atoms with Crippen LogP contribution in [0.5, 0.6) is 0 Å². The van der Waals surface area contributed by atoms with E-state index in [-0.39, 0.29) is 5.56 Å². The molecule has 3 heteroatoms. The lowest BCUT2D eigenvalue weighted by atomic mass is 10.2. The zero-order valence-electron chi connectivity index (χ0n) is 9.37. The van der Waals surface area contributed by atoms with E-state index in [1.807, 2.05) is 32.1 Å². The van der Waals surface area contributed by atoms with Crippen molar-refractivity contribution in [2.24, 2.45) is 0 Å². The summed E-state index contributed by atoms with van der Waals surface area (Å²) < 4.78 is 0. The average Bonchev–Trinajstić information content (AvgIpc) is 2.44. The summed E-state index contributed by atoms with van der Waals surface area (Å²) in [6.45, 7) is 6.05. The summed E-state index contributed by atoms with van der Waals surface area (Å²) in [4.78, 5) is 17.8. The number of aromatic nitrogens is 2. The predicted molar refractivity (Wildman–Crippen MR) is 62.8 cm³/mol. The Balaban J connectivity index is 0.000000531. The molecule has 0 radical (unpaired) electrons. The highest BCUT2D eigenvalue weighted by molar-refractivity contribution is 5.43. The van der Waals surface area contributed by atoms with Gasteiger partial charge in [0.15, 0.2) is 0 Å². The van der Waals surface area contributed by atoms with Crippen molar-refractivity contribution >= 4 is 12.2 Å². The molecule has 1 aliphatic carbocycles. The molecule has 0 aromatic carbocycles. The van der Waals surface area contributed by atoms with Crippen LogP contribution in [0.4, 0.5) is 0 Å². The molecule has 3 nitrogen and oxygen atoms in total. The molecule has 2 rings (SSSR count). The summed E-state index contributed by atoms with van der Waals surface area (Å²) in [5.41, 5.74) is 1.11. The van der Waals surface area contributed by atoms with Gasteiger partial charge >= 0.3 is 0 Å². The summed E-state index contributed by atoms with van der Waals surface area (Å²) in [6, 6.07) is 0. The maximum atomic E-state index is 11.0. The zero-order valence-corrected chi connectivity index (χ0v) is 9.37. The minimum absolute atomic E-state index is 0.156. The van der Waals surface area contributed by atoms with Gasteiger partial charge in [0.2, 0.25) is 0 Å². The first-order valence-electron chi connectivity index (χ1n) is 5.19. The van der Waals surface area contributed by atoms with E-state index in [1.54, 1.807) is 0 Å². The number of rotatable bonds is 0. The molecule has 0 fully saturated rings. The SMILES string of the molecule is CC.CC1=CC=c2[nH]c(=O)cnc2=CC1. The van der Waals surface area contributed by atoms with Gasteiger partial charge in [-0.15, -0.1) is 0 Å². The van der Waals surface area contributed by atoms with Crippen LogP contribution in [0.1, 0.15) is 27.2 Å². The molecule has 0 unspecified atom stereocenters. The Hall–Kier alpha value is -1.64. The van der Waals surface area contributed by atoms with Crippen molar-refractivity contribution in [2.45, 2.75) is 27.2 Å². The van der Waals surface area contributed by atoms with Gasteiger partial charge < -0.3 is 4.98 Å². The highest BCUT2D eigenvalue weighted by Gasteiger charge is 1.93. The largest absolute Gasteiger partial charge is 0.319 e. The molecular weight excluding hydrogens is 188 g/mol. The topological polar surface area (TPSA) is 45.8 Å². The standard InChI is InChI=1S/C10H10N2O.C2H6/c1-7-2-4-8-9(5-3-7)12-10(13)6-11-8;1-2/h3-6H,2H2,1H3,(H,12,13);1-2H3. The van der Waals surface area contributed by atoms with Crippen LogP contribution in [-0.4, -0.2) is 9.97 Å². The number of hydrogen-bond donors (Lipinski definition) is 1. The number of nitrogens with one attached hydrogen (secondary N) is 1. The molecule has 80 valence electrons. The third-order valence-electron chi connectivity index (χ3n) is 2.01. The Labute approximate surface area is 88.9 Å². The lowest BCUT2D eigenvalue weighted by Crippen LogP contribution is -2.36. The number of fused-ring (bicyclic) bond motifs is 1. The van der Waals surface area contributed by atoms with Crippen LogP contribution in [0.3, 0.4) is 0 Å². The maximum Gasteiger partial charge on any atom is 0.266 e. The van der Waals surface area contributed by atoms with Gasteiger partial charge in [-0.1, -0.05) is 31.6 Å². The fourth-order valence-corrected chi connectivity index (χ4v) is 1.27. The zero-order chi connectivity index (χ0) is 11.3. The lowest BCUT2D eigenvalue weighted by Gasteiger charge is -1.88. The first kappa shape index (κ1) is 11.4. The summed E-state index contributed by atoms with van der Waals surface area (Å²) in [5, 5.41) is 1.65. The molecule has 15 heavy (non-hydrogen) atoms. The Morgan fingerprint density at radius 2 is 2.07 bits per heavy atom. The van der Waals surface area contributed by atoms with E-state index >= 15 is 0 Å². The molecule has 0 saturated heterocycles. The average molecular weight is 204 g/mol. The van der Waals surface area contributed by atoms with E-state index in [9.17, 15) is 4.79 Å². The molecule has 0 aliphatic heterocycles. The normalized spacial score (nSPS) is 13.1. The highest BCUT2D eigenvalue weighted by atomic mass is 16.1. The summed E-state index contributed by atoms with van der Waals surface area (Å²) >= 11 is 0. The van der Waals surface area contributed by atoms with Gasteiger partial charge in [0.25, 0.3) is 5.56 Å². The minimum atomic E-state index is -0.156. The molecule has 0 spiro atoms. The summed E-state index contributed by atoms with van der Waals surface area (Å²) in [5.74, 6) is 0. The second kappa shape index (κ2) is 5.29. The monoisotopic (exact) mass is 204 g/mol. The molecule has 0 amide bonds. The fourth-order valence-electron chi connectivity index (χ4n) is 1.27. The van der Waals surface area contributed by atoms with Gasteiger partial charge in [-0.25, -0.2) is 4.98 Å². The molecule has 1 N–H and O–H groups in total. The minimum Gasteiger partial charge on any atom is -0.319 e. The Morgan fingerprint density at radius 1 is 1.33 bits per heavy atom. The van der Waals surface area contributed by atoms with E-state index in [1.165, 1.54) is 11.8 Å². The number of H-pyrrole nitrogens is 1. The smallest absolute Gasteiger partial charge is 0.266 e. The van der Waals surface area contributed by atoms with E-state index in [0.29, 0.717) is 0 Å². The molecule has 1 heterocycles. The van der Waals surface area contributed by atoms with Crippen molar-refractivity contribution in [1.82, 2.24) is 9.97 Å². The number of nitrogens with zero attached hydrogens (tertiary/aromatic N) is 1. The highest BCUT2D eigenvalue weighted by Crippen LogP contribution is 2.00. The second-order valence-corrected chi connectivity index (χ2v) is 3.13. The molecule has 1 aromatic rings. The quantitative estimate of drug-likeness (QED) is 0.676. The van der Waals surface area contributed by atoms with Crippen LogP contribution < -0.4 is 16.3 Å². The molecular formula is C12H16N2O. The first-order valence-corrected chi connectivity index (χ1v) is 5.19. The van der Waals surface area contributed by atoms with Gasteiger partial charge in [-0.2, -0.15) is 0 Å². The molecule has 0 saturated carbocycles. The van der Waals surface area contributed by atoms with Crippen LogP contribution in [-0.2, 0) is 0 Å². The van der Waals surface area contributed by atoms with Crippen LogP contribution in [0.15, 0.2) is 22.6 Å². The summed E-state index contributed by atoms with van der Waals surface area (Å²) in [6.07, 6.45) is 8.11. The van der Waals surface area contributed by atoms with Crippen molar-refractivity contribution < 1.29 is 0 Å². The third kappa shape index (κ3) is 2.91. The van der Waals surface area contributed by atoms with Gasteiger partial charge in [0.1, 0.15) is 0 Å². The van der Waals surface area contributed by atoms with Crippen molar-refractivity contribution in [3.63, 3.8) is 0 Å². The number of allylic oxidation sites excluding steroid dienone is 2. The molecule has 1 aromatic heterocycles. The third-order valence-corrected chi connectivity index (χ3v) is 2.01. The van der Waals surface area contributed by atoms with Crippen LogP contribution >= 0.6 is 0 Å². The number of hydrogen-bond acceptors (Lipinski definition) is 2. The molecule has 0 atom stereocenters. The van der Waals surface area contributed by atoms with E-state index < -0.39 is 0 Å².